The molecular formula is C23H27Cl2N3O3S. The van der Waals surface area contributed by atoms with E-state index in [0.717, 1.165) is 35.4 Å². The number of carbonyl (C=O) groups is 1. The summed E-state index contributed by atoms with van der Waals surface area (Å²) < 4.78 is 12.8. The summed E-state index contributed by atoms with van der Waals surface area (Å²) in [6.07, 6.45) is -0.719. The number of halogens is 2. The van der Waals surface area contributed by atoms with E-state index in [0.29, 0.717) is 28.2 Å². The van der Waals surface area contributed by atoms with Crippen molar-refractivity contribution in [3.05, 3.63) is 47.0 Å². The van der Waals surface area contributed by atoms with Crippen LogP contribution in [0.3, 0.4) is 0 Å². The van der Waals surface area contributed by atoms with Gasteiger partial charge >= 0.3 is 0 Å². The van der Waals surface area contributed by atoms with Crippen LogP contribution >= 0.6 is 35.3 Å². The summed E-state index contributed by atoms with van der Waals surface area (Å²) in [5.74, 6) is 1.10. The fourth-order valence-corrected chi connectivity index (χ4v) is 5.11. The van der Waals surface area contributed by atoms with Crippen LogP contribution in [0, 0.1) is 6.92 Å². The van der Waals surface area contributed by atoms with Gasteiger partial charge in [-0.25, -0.2) is 4.98 Å². The molecule has 32 heavy (non-hydrogen) atoms. The Hall–Kier alpha value is -2.06. The number of rotatable bonds is 7. The van der Waals surface area contributed by atoms with Crippen LogP contribution in [0.25, 0.3) is 10.2 Å². The summed E-state index contributed by atoms with van der Waals surface area (Å²) in [5, 5.41) is 1.32. The van der Waals surface area contributed by atoms with Crippen LogP contribution in [0.15, 0.2) is 36.4 Å². The lowest BCUT2D eigenvalue weighted by Gasteiger charge is -2.30. The van der Waals surface area contributed by atoms with E-state index in [4.69, 9.17) is 26.1 Å². The van der Waals surface area contributed by atoms with Gasteiger partial charge in [0.2, 0.25) is 6.10 Å². The van der Waals surface area contributed by atoms with Gasteiger partial charge in [-0.2, -0.15) is 0 Å². The number of hydrogen-bond acceptors (Lipinski definition) is 6. The van der Waals surface area contributed by atoms with Crippen LogP contribution in [0.1, 0.15) is 19.4 Å². The van der Waals surface area contributed by atoms with Gasteiger partial charge in [0.05, 0.1) is 10.2 Å². The molecule has 0 N–H and O–H groups in total. The molecule has 1 aromatic heterocycles. The molecule has 2 heterocycles. The van der Waals surface area contributed by atoms with Crippen molar-refractivity contribution >= 4 is 56.6 Å². The lowest BCUT2D eigenvalue weighted by molar-refractivity contribution is -0.127. The third-order valence-electron chi connectivity index (χ3n) is 5.45. The van der Waals surface area contributed by atoms with Gasteiger partial charge in [0, 0.05) is 18.1 Å². The highest BCUT2D eigenvalue weighted by Crippen LogP contribution is 2.35. The Kier molecular flexibility index (Phi) is 8.22. The second-order valence-corrected chi connectivity index (χ2v) is 8.89. The maximum absolute atomic E-state index is 13.6. The number of fused-ring (bicyclic) bond motifs is 2. The molecule has 6 nitrogen and oxygen atoms in total. The zero-order valence-electron chi connectivity index (χ0n) is 18.3. The largest absolute Gasteiger partial charge is 0.485 e. The minimum absolute atomic E-state index is 0. The second-order valence-electron chi connectivity index (χ2n) is 7.45. The van der Waals surface area contributed by atoms with Gasteiger partial charge < -0.3 is 14.4 Å². The van der Waals surface area contributed by atoms with Crippen molar-refractivity contribution in [2.75, 3.05) is 37.7 Å². The monoisotopic (exact) mass is 495 g/mol. The first-order valence-electron chi connectivity index (χ1n) is 10.5. The van der Waals surface area contributed by atoms with E-state index in [1.807, 2.05) is 43.3 Å². The minimum atomic E-state index is -0.719. The summed E-state index contributed by atoms with van der Waals surface area (Å²) >= 11 is 7.71. The second kappa shape index (κ2) is 10.7. The number of aryl methyl sites for hydroxylation is 1. The topological polar surface area (TPSA) is 54.9 Å². The normalized spacial score (nSPS) is 15.0. The standard InChI is InChI=1S/C23H26ClN3O3S.ClH/c1-4-26(5-2)10-11-27(23-25-21-15(3)12-16(24)13-20(21)31-23)22(28)19-14-29-17-8-6-7-9-18(17)30-19;/h6-9,12-13,19H,4-5,10-11,14H2,1-3H3;1H. The average molecular weight is 496 g/mol. The quantitative estimate of drug-likeness (QED) is 0.451. The number of hydrogen-bond donors (Lipinski definition) is 0. The number of nitrogens with zero attached hydrogens (tertiary/aromatic N) is 3. The molecule has 0 spiro atoms. The first kappa shape index (κ1) is 24.6. The van der Waals surface area contributed by atoms with E-state index in [2.05, 4.69) is 18.7 Å². The highest BCUT2D eigenvalue weighted by atomic mass is 35.5. The van der Waals surface area contributed by atoms with Crippen molar-refractivity contribution in [3.8, 4) is 11.5 Å². The Morgan fingerprint density at radius 1 is 1.19 bits per heavy atom. The number of carbonyl (C=O) groups excluding carboxylic acids is 1. The van der Waals surface area contributed by atoms with Gasteiger partial charge in [-0.15, -0.1) is 12.4 Å². The van der Waals surface area contributed by atoms with Gasteiger partial charge in [-0.1, -0.05) is 48.9 Å². The Morgan fingerprint density at radius 2 is 1.91 bits per heavy atom. The molecule has 1 aliphatic heterocycles. The lowest BCUT2D eigenvalue weighted by Crippen LogP contribution is -2.48. The first-order chi connectivity index (χ1) is 15.0. The maximum atomic E-state index is 13.6. The zero-order valence-corrected chi connectivity index (χ0v) is 20.7. The van der Waals surface area contributed by atoms with Gasteiger partial charge in [0.15, 0.2) is 16.6 Å². The van der Waals surface area contributed by atoms with E-state index >= 15 is 0 Å². The molecule has 0 fully saturated rings. The van der Waals surface area contributed by atoms with E-state index in [9.17, 15) is 4.79 Å². The molecule has 1 aliphatic rings. The molecule has 3 aromatic rings. The SMILES string of the molecule is CCN(CC)CCN(C(=O)C1COc2ccccc2O1)c1nc2c(C)cc(Cl)cc2s1.Cl. The molecule has 9 heteroatoms. The molecule has 0 bridgehead atoms. The third-order valence-corrected chi connectivity index (χ3v) is 6.70. The Bertz CT molecular complexity index is 1090. The van der Waals surface area contributed by atoms with Gasteiger partial charge in [0.1, 0.15) is 6.61 Å². The van der Waals surface area contributed by atoms with Crippen LogP contribution in [0.2, 0.25) is 5.02 Å². The first-order valence-corrected chi connectivity index (χ1v) is 11.7. The Morgan fingerprint density at radius 3 is 2.62 bits per heavy atom. The number of thiazole rings is 1. The van der Waals surface area contributed by atoms with Crippen molar-refractivity contribution in [1.29, 1.82) is 0 Å². The highest BCUT2D eigenvalue weighted by molar-refractivity contribution is 7.22. The zero-order chi connectivity index (χ0) is 22.0. The fraction of sp³-hybridized carbons (Fsp3) is 0.391. The van der Waals surface area contributed by atoms with Crippen LogP contribution < -0.4 is 14.4 Å². The fourth-order valence-electron chi connectivity index (χ4n) is 3.65. The smallest absolute Gasteiger partial charge is 0.273 e. The predicted molar refractivity (Wildman–Crippen MR) is 133 cm³/mol. The van der Waals surface area contributed by atoms with Crippen molar-refractivity contribution < 1.29 is 14.3 Å². The minimum Gasteiger partial charge on any atom is -0.485 e. The number of anilines is 1. The van der Waals surface area contributed by atoms with Gasteiger partial charge in [-0.3, -0.25) is 9.69 Å². The van der Waals surface area contributed by atoms with Crippen LogP contribution in [-0.2, 0) is 4.79 Å². The summed E-state index contributed by atoms with van der Waals surface area (Å²) in [6, 6.07) is 11.2. The van der Waals surface area contributed by atoms with Crippen molar-refractivity contribution in [2.24, 2.45) is 0 Å². The molecular weight excluding hydrogens is 469 g/mol. The van der Waals surface area contributed by atoms with Gasteiger partial charge in [0.25, 0.3) is 5.91 Å². The maximum Gasteiger partial charge on any atom is 0.273 e. The van der Waals surface area contributed by atoms with Crippen LogP contribution in [0.4, 0.5) is 5.13 Å². The molecule has 1 amide bonds. The summed E-state index contributed by atoms with van der Waals surface area (Å²) in [7, 11) is 0. The molecule has 4 rings (SSSR count). The predicted octanol–water partition coefficient (Wildman–Crippen LogP) is 5.19. The highest BCUT2D eigenvalue weighted by Gasteiger charge is 2.33. The van der Waals surface area contributed by atoms with E-state index < -0.39 is 6.10 Å². The Labute approximate surface area is 203 Å². The van der Waals surface area contributed by atoms with Crippen molar-refractivity contribution in [3.63, 3.8) is 0 Å². The molecule has 0 radical (unpaired) electrons. The summed E-state index contributed by atoms with van der Waals surface area (Å²) in [6.45, 7) is 9.50. The molecule has 172 valence electrons. The number of amides is 1. The number of aromatic nitrogens is 1. The van der Waals surface area contributed by atoms with E-state index in [1.165, 1.54) is 11.3 Å². The van der Waals surface area contributed by atoms with Crippen molar-refractivity contribution in [2.45, 2.75) is 26.9 Å². The number of para-hydroxylation sites is 2. The van der Waals surface area contributed by atoms with E-state index in [1.54, 1.807) is 4.90 Å². The molecule has 1 atom stereocenters. The van der Waals surface area contributed by atoms with E-state index in [-0.39, 0.29) is 24.9 Å². The summed E-state index contributed by atoms with van der Waals surface area (Å²) in [4.78, 5) is 22.4. The van der Waals surface area contributed by atoms with Gasteiger partial charge in [-0.05, 0) is 49.8 Å². The van der Waals surface area contributed by atoms with Crippen molar-refractivity contribution in [1.82, 2.24) is 9.88 Å². The number of ether oxygens (including phenoxy) is 2. The molecule has 0 saturated heterocycles. The average Bonchev–Trinajstić information content (AvgIpc) is 3.20. The number of likely N-dealkylation sites (N-methyl/N-ethyl adjacent to an activating group) is 1. The Balaban J connectivity index is 0.00000289. The lowest BCUT2D eigenvalue weighted by atomic mass is 10.2. The van der Waals surface area contributed by atoms with Crippen LogP contribution in [0.5, 0.6) is 11.5 Å². The molecule has 2 aromatic carbocycles. The van der Waals surface area contributed by atoms with Crippen LogP contribution in [-0.4, -0.2) is 54.7 Å². The molecule has 0 saturated carbocycles. The molecule has 1 unspecified atom stereocenters. The number of benzene rings is 2. The molecule has 0 aliphatic carbocycles. The third kappa shape index (κ3) is 5.12. The summed E-state index contributed by atoms with van der Waals surface area (Å²) in [5.41, 5.74) is 1.86.